The Kier molecular flexibility index (Phi) is 3.98. The largest absolute Gasteiger partial charge is 0.382 e. The molecule has 2 aromatic rings. The number of benzene rings is 2. The molecule has 3 nitrogen and oxygen atoms in total. The lowest BCUT2D eigenvalue weighted by Crippen LogP contribution is -2.07. The Morgan fingerprint density at radius 2 is 1.43 bits per heavy atom. The Morgan fingerprint density at radius 3 is 1.81 bits per heavy atom. The van der Waals surface area contributed by atoms with Crippen LogP contribution in [0.2, 0.25) is 0 Å². The molecule has 0 heterocycles. The maximum Gasteiger partial charge on any atom is 0.268 e. The predicted molar refractivity (Wildman–Crippen MR) is 76.0 cm³/mol. The predicted octanol–water partition coefficient (Wildman–Crippen LogP) is 3.06. The average Bonchev–Trinajstić information content (AvgIpc) is 2.46. The summed E-state index contributed by atoms with van der Waals surface area (Å²) in [5, 5.41) is 9.40. The number of sulfone groups is 1. The fourth-order valence-corrected chi connectivity index (χ4v) is 2.48. The summed E-state index contributed by atoms with van der Waals surface area (Å²) < 4.78 is 55.2. The highest BCUT2D eigenvalue weighted by atomic mass is 32.2. The summed E-state index contributed by atoms with van der Waals surface area (Å²) in [7, 11) is -3.28. The fourth-order valence-electron chi connectivity index (χ4n) is 1.85. The van der Waals surface area contributed by atoms with Crippen molar-refractivity contribution in [3.63, 3.8) is 0 Å². The Bertz CT molecular complexity index is 754. The summed E-state index contributed by atoms with van der Waals surface area (Å²) in [6.07, 6.45) is -5.05. The van der Waals surface area contributed by atoms with Crippen molar-refractivity contribution in [1.29, 1.82) is 0 Å². The van der Waals surface area contributed by atoms with E-state index in [1.54, 1.807) is 12.1 Å². The molecule has 0 saturated heterocycles. The van der Waals surface area contributed by atoms with E-state index in [1.807, 2.05) is 0 Å². The van der Waals surface area contributed by atoms with Gasteiger partial charge in [-0.05, 0) is 28.8 Å². The van der Waals surface area contributed by atoms with Crippen molar-refractivity contribution < 1.29 is 23.7 Å². The highest BCUT2D eigenvalue weighted by Crippen LogP contribution is 2.25. The molecule has 0 amide bonds. The molecule has 0 radical (unpaired) electrons. The molecule has 2 aromatic carbocycles. The second kappa shape index (κ2) is 5.91. The maximum atomic E-state index is 12.6. The van der Waals surface area contributed by atoms with Gasteiger partial charge in [0.1, 0.15) is 6.08 Å². The zero-order valence-corrected chi connectivity index (χ0v) is 11.9. The van der Waals surface area contributed by atoms with E-state index >= 15 is 0 Å². The molecule has 1 unspecified atom stereocenters. The number of hydrogen-bond donors (Lipinski definition) is 1. The lowest BCUT2D eigenvalue weighted by atomic mass is 10.0. The smallest absolute Gasteiger partial charge is 0.268 e. The molecule has 0 aliphatic carbocycles. The van der Waals surface area contributed by atoms with E-state index in [2.05, 4.69) is 0 Å². The molecule has 2 rings (SSSR count). The van der Waals surface area contributed by atoms with Crippen LogP contribution in [0.25, 0.3) is 11.1 Å². The van der Waals surface area contributed by atoms with Gasteiger partial charge in [0.2, 0.25) is 0 Å². The Labute approximate surface area is 123 Å². The lowest BCUT2D eigenvalue weighted by Gasteiger charge is -2.10. The second-order valence-corrected chi connectivity index (χ2v) is 6.58. The zero-order valence-electron chi connectivity index (χ0n) is 12.1. The Hall–Kier alpha value is -1.79. The molecule has 21 heavy (non-hydrogen) atoms. The molecule has 0 saturated carbocycles. The molecule has 112 valence electrons. The van der Waals surface area contributed by atoms with Crippen molar-refractivity contribution >= 4 is 9.84 Å². The van der Waals surface area contributed by atoms with E-state index in [0.29, 0.717) is 11.1 Å². The first-order valence-electron chi connectivity index (χ1n) is 6.54. The van der Waals surface area contributed by atoms with Gasteiger partial charge in [-0.25, -0.2) is 17.2 Å². The van der Waals surface area contributed by atoms with Crippen LogP contribution in [-0.4, -0.2) is 26.2 Å². The third-order valence-electron chi connectivity index (χ3n) is 3.00. The van der Waals surface area contributed by atoms with Crippen LogP contribution in [0.4, 0.5) is 8.78 Å². The summed E-state index contributed by atoms with van der Waals surface area (Å²) in [5.74, 6) is 0. The highest BCUT2D eigenvalue weighted by Gasteiger charge is 2.18. The summed E-state index contributed by atoms with van der Waals surface area (Å²) in [4.78, 5) is 0.186. The molecule has 0 aliphatic heterocycles. The van der Waals surface area contributed by atoms with Crippen LogP contribution in [0, 0.1) is 0 Å². The first-order chi connectivity index (χ1) is 10.1. The molecule has 0 aliphatic rings. The minimum atomic E-state index is -3.28. The number of aliphatic hydroxyl groups is 1. The van der Waals surface area contributed by atoms with Crippen molar-refractivity contribution in [2.75, 3.05) is 6.26 Å². The average molecular weight is 313 g/mol. The third-order valence-corrected chi connectivity index (χ3v) is 4.13. The van der Waals surface area contributed by atoms with Gasteiger partial charge >= 0.3 is 0 Å². The summed E-state index contributed by atoms with van der Waals surface area (Å²) >= 11 is 0. The minimum Gasteiger partial charge on any atom is -0.382 e. The molecular formula is C15H14F2O3S. The van der Waals surface area contributed by atoms with Gasteiger partial charge in [-0.3, -0.25) is 0 Å². The van der Waals surface area contributed by atoms with E-state index in [0.717, 1.165) is 6.26 Å². The minimum absolute atomic E-state index is 0.186. The number of halogens is 2. The van der Waals surface area contributed by atoms with Crippen LogP contribution in [0.5, 0.6) is 0 Å². The SMILES string of the molecule is [2H]C(O)(c1ccc(-c2ccc(S(C)(=O)=O)cc2)cc1)C(F)F. The van der Waals surface area contributed by atoms with Crippen molar-refractivity contribution in [2.24, 2.45) is 0 Å². The van der Waals surface area contributed by atoms with E-state index in [4.69, 9.17) is 1.37 Å². The lowest BCUT2D eigenvalue weighted by molar-refractivity contribution is -0.00577. The molecular weight excluding hydrogens is 298 g/mol. The molecule has 1 atom stereocenters. The van der Waals surface area contributed by atoms with E-state index in [-0.39, 0.29) is 10.5 Å². The standard InChI is InChI=1S/C15H14F2O3S/c1-21(19,20)13-8-6-11(7-9-13)10-2-4-12(5-3-10)14(18)15(16)17/h2-9,14-15,18H,1H3/i14D. The van der Waals surface area contributed by atoms with E-state index in [9.17, 15) is 22.3 Å². The molecule has 0 fully saturated rings. The second-order valence-electron chi connectivity index (χ2n) is 4.56. The maximum absolute atomic E-state index is 12.6. The van der Waals surface area contributed by atoms with Crippen LogP contribution >= 0.6 is 0 Å². The molecule has 0 spiro atoms. The van der Waals surface area contributed by atoms with Crippen molar-refractivity contribution in [2.45, 2.75) is 17.4 Å². The third kappa shape index (κ3) is 3.65. The van der Waals surface area contributed by atoms with Crippen LogP contribution < -0.4 is 0 Å². The van der Waals surface area contributed by atoms with E-state index < -0.39 is 22.3 Å². The number of rotatable bonds is 4. The summed E-state index contributed by atoms with van der Waals surface area (Å²) in [6.45, 7) is 0. The summed E-state index contributed by atoms with van der Waals surface area (Å²) in [6, 6.07) is 11.6. The van der Waals surface area contributed by atoms with Crippen molar-refractivity contribution in [1.82, 2.24) is 0 Å². The van der Waals surface area contributed by atoms with Gasteiger partial charge in [0.05, 0.1) is 6.27 Å². The first-order valence-corrected chi connectivity index (χ1v) is 7.93. The molecule has 0 bridgehead atoms. The van der Waals surface area contributed by atoms with Gasteiger partial charge in [-0.15, -0.1) is 0 Å². The Morgan fingerprint density at radius 1 is 1.00 bits per heavy atom. The monoisotopic (exact) mass is 313 g/mol. The first kappa shape index (κ1) is 14.2. The molecule has 0 aromatic heterocycles. The Balaban J connectivity index is 2.32. The van der Waals surface area contributed by atoms with Crippen LogP contribution in [-0.2, 0) is 9.84 Å². The topological polar surface area (TPSA) is 54.4 Å². The number of alkyl halides is 2. The quantitative estimate of drug-likeness (QED) is 0.944. The van der Waals surface area contributed by atoms with Gasteiger partial charge < -0.3 is 5.11 Å². The van der Waals surface area contributed by atoms with Crippen molar-refractivity contribution in [3.05, 3.63) is 54.1 Å². The van der Waals surface area contributed by atoms with Crippen LogP contribution in [0.1, 0.15) is 13.0 Å². The highest BCUT2D eigenvalue weighted by molar-refractivity contribution is 7.90. The number of hydrogen-bond acceptors (Lipinski definition) is 3. The fraction of sp³-hybridized carbons (Fsp3) is 0.200. The van der Waals surface area contributed by atoms with Gasteiger partial charge in [-0.1, -0.05) is 36.4 Å². The summed E-state index contributed by atoms with van der Waals surface area (Å²) in [5.41, 5.74) is 1.15. The van der Waals surface area contributed by atoms with Crippen LogP contribution in [0.15, 0.2) is 53.4 Å². The normalized spacial score (nSPS) is 15.6. The van der Waals surface area contributed by atoms with Crippen LogP contribution in [0.3, 0.4) is 0 Å². The van der Waals surface area contributed by atoms with Gasteiger partial charge in [-0.2, -0.15) is 0 Å². The molecule has 6 heteroatoms. The molecule has 1 N–H and O–H groups in total. The van der Waals surface area contributed by atoms with Gasteiger partial charge in [0, 0.05) is 6.26 Å². The zero-order chi connectivity index (χ0) is 16.5. The van der Waals surface area contributed by atoms with Gasteiger partial charge in [0.15, 0.2) is 9.84 Å². The van der Waals surface area contributed by atoms with E-state index in [1.165, 1.54) is 36.4 Å². The van der Waals surface area contributed by atoms with Gasteiger partial charge in [0.25, 0.3) is 6.43 Å². The van der Waals surface area contributed by atoms with Crippen molar-refractivity contribution in [3.8, 4) is 11.1 Å².